The third-order valence-electron chi connectivity index (χ3n) is 5.00. The number of hydrogen-bond donors (Lipinski definition) is 1. The first kappa shape index (κ1) is 21.9. The van der Waals surface area contributed by atoms with E-state index in [0.717, 1.165) is 34.1 Å². The number of carbonyl (C=O) groups excluding carboxylic acids is 1. The summed E-state index contributed by atoms with van der Waals surface area (Å²) >= 11 is 13.9. The molecule has 1 amide bonds. The Labute approximate surface area is 195 Å². The molecular formula is C22H21Cl2N5OS. The van der Waals surface area contributed by atoms with E-state index in [-0.39, 0.29) is 11.4 Å². The highest BCUT2D eigenvalue weighted by Crippen LogP contribution is 2.33. The van der Waals surface area contributed by atoms with Crippen LogP contribution in [0.5, 0.6) is 0 Å². The summed E-state index contributed by atoms with van der Waals surface area (Å²) in [6.07, 6.45) is 2.48. The molecule has 0 atom stereocenters. The lowest BCUT2D eigenvalue weighted by Gasteiger charge is -2.20. The third kappa shape index (κ3) is 4.10. The fraction of sp³-hybridized carbons (Fsp3) is 0.273. The molecule has 2 aliphatic rings. The molecule has 1 aromatic heterocycles. The lowest BCUT2D eigenvalue weighted by atomic mass is 10.1. The molecule has 0 radical (unpaired) electrons. The molecule has 0 fully saturated rings. The van der Waals surface area contributed by atoms with Gasteiger partial charge in [0.25, 0.3) is 5.91 Å². The van der Waals surface area contributed by atoms with Gasteiger partial charge in [-0.05, 0) is 67.4 Å². The van der Waals surface area contributed by atoms with Crippen molar-refractivity contribution in [2.75, 3.05) is 0 Å². The molecule has 4 rings (SSSR count). The summed E-state index contributed by atoms with van der Waals surface area (Å²) in [7, 11) is 0. The van der Waals surface area contributed by atoms with Crippen molar-refractivity contribution in [2.24, 2.45) is 16.0 Å². The number of aryl methyl sites for hydroxylation is 1. The maximum Gasteiger partial charge on any atom is 0.283 e. The van der Waals surface area contributed by atoms with Gasteiger partial charge in [0.2, 0.25) is 5.17 Å². The maximum atomic E-state index is 12.7. The molecule has 0 saturated heterocycles. The number of amides is 1. The molecule has 1 N–H and O–H groups in total. The maximum absolute atomic E-state index is 12.7. The predicted molar refractivity (Wildman–Crippen MR) is 130 cm³/mol. The SMILES string of the molecule is Cc1cc(/C=C2\C(=N)N3N=C(CC(C)C)SC3=NC2=O)c(C)n1-c1cc(Cl)ccc1Cl. The number of thioether (sulfide) groups is 1. The summed E-state index contributed by atoms with van der Waals surface area (Å²) in [5, 5.41) is 17.0. The number of halogens is 2. The van der Waals surface area contributed by atoms with Crippen LogP contribution >= 0.6 is 35.0 Å². The minimum absolute atomic E-state index is 0.0341. The molecule has 0 unspecified atom stereocenters. The van der Waals surface area contributed by atoms with Crippen molar-refractivity contribution < 1.29 is 4.79 Å². The minimum atomic E-state index is -0.435. The van der Waals surface area contributed by atoms with E-state index in [1.54, 1.807) is 24.3 Å². The van der Waals surface area contributed by atoms with Gasteiger partial charge in [0.15, 0.2) is 5.84 Å². The van der Waals surface area contributed by atoms with Crippen LogP contribution in [0.25, 0.3) is 11.8 Å². The highest BCUT2D eigenvalue weighted by molar-refractivity contribution is 8.26. The van der Waals surface area contributed by atoms with Crippen LogP contribution in [0.3, 0.4) is 0 Å². The normalized spacial score (nSPS) is 17.5. The van der Waals surface area contributed by atoms with Crippen molar-refractivity contribution in [1.29, 1.82) is 5.41 Å². The van der Waals surface area contributed by atoms with Crippen LogP contribution in [0.4, 0.5) is 0 Å². The van der Waals surface area contributed by atoms with E-state index in [1.807, 2.05) is 24.5 Å². The summed E-state index contributed by atoms with van der Waals surface area (Å²) in [5.41, 5.74) is 3.58. The van der Waals surface area contributed by atoms with Crippen LogP contribution in [-0.4, -0.2) is 31.5 Å². The average molecular weight is 474 g/mol. The number of nitrogens with zero attached hydrogens (tertiary/aromatic N) is 4. The summed E-state index contributed by atoms with van der Waals surface area (Å²) < 4.78 is 1.98. The number of aliphatic imine (C=N–C) groups is 1. The van der Waals surface area contributed by atoms with E-state index in [2.05, 4.69) is 23.9 Å². The van der Waals surface area contributed by atoms with Crippen LogP contribution in [0.2, 0.25) is 10.0 Å². The summed E-state index contributed by atoms with van der Waals surface area (Å²) in [6.45, 7) is 8.10. The smallest absolute Gasteiger partial charge is 0.283 e. The largest absolute Gasteiger partial charge is 0.316 e. The number of carbonyl (C=O) groups is 1. The van der Waals surface area contributed by atoms with Crippen molar-refractivity contribution in [3.63, 3.8) is 0 Å². The lowest BCUT2D eigenvalue weighted by Crippen LogP contribution is -2.35. The van der Waals surface area contributed by atoms with Gasteiger partial charge < -0.3 is 4.57 Å². The Morgan fingerprint density at radius 2 is 1.97 bits per heavy atom. The Hall–Kier alpha value is -2.35. The quantitative estimate of drug-likeness (QED) is 0.547. The van der Waals surface area contributed by atoms with E-state index in [1.165, 1.54) is 16.8 Å². The Morgan fingerprint density at radius 1 is 1.23 bits per heavy atom. The number of fused-ring (bicyclic) bond motifs is 1. The second-order valence-corrected chi connectivity index (χ2v) is 9.75. The van der Waals surface area contributed by atoms with Crippen LogP contribution in [-0.2, 0) is 4.79 Å². The number of nitrogens with one attached hydrogen (secondary N) is 1. The molecule has 31 heavy (non-hydrogen) atoms. The van der Waals surface area contributed by atoms with Gasteiger partial charge in [-0.25, -0.2) is 0 Å². The Bertz CT molecular complexity index is 1210. The fourth-order valence-electron chi connectivity index (χ4n) is 3.58. The van der Waals surface area contributed by atoms with Crippen molar-refractivity contribution >= 4 is 63.0 Å². The Balaban J connectivity index is 1.73. The number of hydrazone groups is 1. The van der Waals surface area contributed by atoms with Gasteiger partial charge in [0.1, 0.15) is 5.04 Å². The average Bonchev–Trinajstić information content (AvgIpc) is 3.20. The summed E-state index contributed by atoms with van der Waals surface area (Å²) in [5.74, 6) is 0.0268. The van der Waals surface area contributed by atoms with E-state index < -0.39 is 5.91 Å². The van der Waals surface area contributed by atoms with Gasteiger partial charge >= 0.3 is 0 Å². The monoisotopic (exact) mass is 473 g/mol. The summed E-state index contributed by atoms with van der Waals surface area (Å²) in [4.78, 5) is 16.9. The number of rotatable bonds is 4. The van der Waals surface area contributed by atoms with Gasteiger partial charge in [-0.2, -0.15) is 15.1 Å². The molecule has 0 bridgehead atoms. The first-order valence-corrected chi connectivity index (χ1v) is 11.4. The van der Waals surface area contributed by atoms with Crippen molar-refractivity contribution in [1.82, 2.24) is 9.58 Å². The molecule has 1 aromatic carbocycles. The molecule has 9 heteroatoms. The first-order chi connectivity index (χ1) is 14.7. The highest BCUT2D eigenvalue weighted by atomic mass is 35.5. The van der Waals surface area contributed by atoms with Crippen LogP contribution in [0.15, 0.2) is 39.9 Å². The van der Waals surface area contributed by atoms with E-state index >= 15 is 0 Å². The van der Waals surface area contributed by atoms with Crippen LogP contribution < -0.4 is 0 Å². The van der Waals surface area contributed by atoms with Gasteiger partial charge in [-0.15, -0.1) is 0 Å². The fourth-order valence-corrected chi connectivity index (χ4v) is 5.05. The zero-order valence-corrected chi connectivity index (χ0v) is 19.9. The second kappa shape index (κ2) is 8.30. The Kier molecular flexibility index (Phi) is 5.85. The van der Waals surface area contributed by atoms with Crippen molar-refractivity contribution in [3.05, 3.63) is 56.8 Å². The topological polar surface area (TPSA) is 73.8 Å². The molecule has 160 valence electrons. The number of aromatic nitrogens is 1. The highest BCUT2D eigenvalue weighted by Gasteiger charge is 2.35. The van der Waals surface area contributed by atoms with Crippen LogP contribution in [0.1, 0.15) is 37.2 Å². The van der Waals surface area contributed by atoms with Gasteiger partial charge in [0.05, 0.1) is 16.3 Å². The van der Waals surface area contributed by atoms with E-state index in [0.29, 0.717) is 21.1 Å². The zero-order chi connectivity index (χ0) is 22.4. The van der Waals surface area contributed by atoms with Gasteiger partial charge in [0, 0.05) is 22.8 Å². The molecule has 0 spiro atoms. The number of amidine groups is 2. The minimum Gasteiger partial charge on any atom is -0.316 e. The molecule has 0 aliphatic carbocycles. The number of benzene rings is 1. The molecule has 2 aliphatic heterocycles. The van der Waals surface area contributed by atoms with Gasteiger partial charge in [-0.1, -0.05) is 37.0 Å². The van der Waals surface area contributed by atoms with Gasteiger partial charge in [-0.3, -0.25) is 10.2 Å². The first-order valence-electron chi connectivity index (χ1n) is 9.79. The Morgan fingerprint density at radius 3 is 2.68 bits per heavy atom. The van der Waals surface area contributed by atoms with Crippen molar-refractivity contribution in [3.8, 4) is 5.69 Å². The number of hydrogen-bond acceptors (Lipinski definition) is 4. The second-order valence-electron chi connectivity index (χ2n) is 7.87. The lowest BCUT2D eigenvalue weighted by molar-refractivity contribution is -0.114. The van der Waals surface area contributed by atoms with E-state index in [4.69, 9.17) is 28.6 Å². The molecule has 0 saturated carbocycles. The third-order valence-corrected chi connectivity index (χ3v) is 6.48. The molecule has 6 nitrogen and oxygen atoms in total. The molecular weight excluding hydrogens is 453 g/mol. The van der Waals surface area contributed by atoms with Crippen LogP contribution in [0, 0.1) is 25.2 Å². The molecule has 2 aromatic rings. The predicted octanol–water partition coefficient (Wildman–Crippen LogP) is 6.07. The van der Waals surface area contributed by atoms with E-state index in [9.17, 15) is 4.79 Å². The summed E-state index contributed by atoms with van der Waals surface area (Å²) in [6, 6.07) is 7.25. The zero-order valence-electron chi connectivity index (χ0n) is 17.5. The van der Waals surface area contributed by atoms with Crippen molar-refractivity contribution in [2.45, 2.75) is 34.1 Å². The molecule has 3 heterocycles. The standard InChI is InChI=1S/C22H21Cl2N5OS/c1-11(2)7-19-27-29-20(25)16(21(30)26-22(29)31-19)9-14-8-12(3)28(13(14)4)18-10-15(23)5-6-17(18)24/h5-6,8-11,25H,7H2,1-4H3/b16-9+,25-20?.